The van der Waals surface area contributed by atoms with Gasteiger partial charge in [-0.05, 0) is 57.1 Å². The summed E-state index contributed by atoms with van der Waals surface area (Å²) in [6.45, 7) is 6.95. The zero-order valence-electron chi connectivity index (χ0n) is 20.8. The molecular weight excluding hydrogens is 455 g/mol. The van der Waals surface area contributed by atoms with Gasteiger partial charge in [-0.25, -0.2) is 9.18 Å². The molecule has 3 saturated carbocycles. The third-order valence-corrected chi connectivity index (χ3v) is 9.72. The first kappa shape index (κ1) is 25.7. The molecule has 0 saturated heterocycles. The number of aliphatic hydroxyl groups is 1. The number of carbonyl (C=O) groups excluding carboxylic acids is 3. The average Bonchev–Trinajstić information content (AvgIpc) is 3.00. The van der Waals surface area contributed by atoms with Gasteiger partial charge in [0.1, 0.15) is 0 Å². The molecule has 4 aliphatic carbocycles. The fourth-order valence-electron chi connectivity index (χ4n) is 7.99. The number of allylic oxidation sites excluding steroid dienone is 4. The molecule has 4 rings (SSSR count). The fourth-order valence-corrected chi connectivity index (χ4v) is 7.99. The van der Waals surface area contributed by atoms with Gasteiger partial charge in [-0.15, -0.1) is 0 Å². The molecule has 0 aliphatic heterocycles. The Morgan fingerprint density at radius 3 is 2.54 bits per heavy atom. The van der Waals surface area contributed by atoms with Crippen LogP contribution >= 0.6 is 0 Å². The Balaban J connectivity index is 1.83. The van der Waals surface area contributed by atoms with Crippen LogP contribution in [0.1, 0.15) is 72.6 Å². The van der Waals surface area contributed by atoms with Crippen molar-refractivity contribution in [2.24, 2.45) is 28.6 Å². The predicted octanol–water partition coefficient (Wildman–Crippen LogP) is 3.73. The molecule has 0 aromatic heterocycles. The molecule has 8 atom stereocenters. The summed E-state index contributed by atoms with van der Waals surface area (Å²) < 4.78 is 23.1. The number of ketones is 2. The Kier molecular flexibility index (Phi) is 6.14. The van der Waals surface area contributed by atoms with Gasteiger partial charge in [0.05, 0.1) is 6.10 Å². The topological polar surface area (TPSA) is 118 Å². The summed E-state index contributed by atoms with van der Waals surface area (Å²) in [5.74, 6) is -5.68. The van der Waals surface area contributed by atoms with Crippen LogP contribution in [-0.4, -0.2) is 51.1 Å². The summed E-state index contributed by atoms with van der Waals surface area (Å²) in [7, 11) is 0. The van der Waals surface area contributed by atoms with Gasteiger partial charge in [0.15, 0.2) is 17.1 Å². The second kappa shape index (κ2) is 8.36. The third kappa shape index (κ3) is 3.24. The van der Waals surface area contributed by atoms with Crippen molar-refractivity contribution in [1.82, 2.24) is 0 Å². The van der Waals surface area contributed by atoms with Crippen molar-refractivity contribution in [3.8, 4) is 0 Å². The minimum absolute atomic E-state index is 0.0443. The van der Waals surface area contributed by atoms with Crippen LogP contribution in [-0.2, 0) is 23.9 Å². The van der Waals surface area contributed by atoms with Crippen LogP contribution in [0, 0.1) is 28.6 Å². The van der Waals surface area contributed by atoms with Gasteiger partial charge < -0.3 is 14.9 Å². The van der Waals surface area contributed by atoms with Gasteiger partial charge in [-0.3, -0.25) is 14.4 Å². The number of aliphatic carboxylic acids is 1. The number of rotatable bonds is 6. The summed E-state index contributed by atoms with van der Waals surface area (Å²) in [6.07, 6.45) is 4.91. The molecular formula is C27H35FO7. The average molecular weight is 491 g/mol. The molecule has 0 heterocycles. The van der Waals surface area contributed by atoms with E-state index in [1.807, 2.05) is 6.92 Å². The molecule has 8 heteroatoms. The van der Waals surface area contributed by atoms with E-state index in [1.54, 1.807) is 26.8 Å². The zero-order chi connectivity index (χ0) is 26.0. The van der Waals surface area contributed by atoms with Crippen molar-refractivity contribution in [2.75, 3.05) is 0 Å². The Morgan fingerprint density at radius 2 is 1.91 bits per heavy atom. The Bertz CT molecular complexity index is 1030. The molecule has 3 fully saturated rings. The van der Waals surface area contributed by atoms with E-state index < -0.39 is 63.7 Å². The van der Waals surface area contributed by atoms with Gasteiger partial charge in [0.2, 0.25) is 0 Å². The molecule has 4 aliphatic rings. The van der Waals surface area contributed by atoms with Crippen LogP contribution < -0.4 is 0 Å². The number of ether oxygens (including phenoxy) is 1. The fraction of sp³-hybridized carbons (Fsp3) is 0.704. The smallest absolute Gasteiger partial charge is 0.376 e. The molecule has 7 nitrogen and oxygen atoms in total. The SMILES string of the molecule is CCCCC(=O)O[C@]1(C(=O)C(=O)O)[C@@H](C)C[C@H]2[C@@H]3CCC4=CC(=O)C=C[C@]4(C)[C@@]3(F)[C@@H](O)C[C@@]21C. The van der Waals surface area contributed by atoms with E-state index in [4.69, 9.17) is 4.74 Å². The van der Waals surface area contributed by atoms with Gasteiger partial charge in [-0.1, -0.05) is 38.8 Å². The Labute approximate surface area is 204 Å². The van der Waals surface area contributed by atoms with Crippen molar-refractivity contribution in [3.63, 3.8) is 0 Å². The van der Waals surface area contributed by atoms with Gasteiger partial charge in [0.25, 0.3) is 5.78 Å². The minimum Gasteiger partial charge on any atom is -0.475 e. The lowest BCUT2D eigenvalue weighted by molar-refractivity contribution is -0.228. The molecule has 0 aromatic rings. The molecule has 35 heavy (non-hydrogen) atoms. The summed E-state index contributed by atoms with van der Waals surface area (Å²) in [5.41, 5.74) is -5.95. The highest BCUT2D eigenvalue weighted by Gasteiger charge is 2.78. The summed E-state index contributed by atoms with van der Waals surface area (Å²) in [4.78, 5) is 50.1. The quantitative estimate of drug-likeness (QED) is 0.430. The highest BCUT2D eigenvalue weighted by atomic mass is 19.1. The standard InChI is InChI=1S/C27H35FO7/c1-5-6-7-21(31)35-27(22(32)23(33)34)15(2)12-19-18-9-8-16-13-17(29)10-11-24(16,3)26(18,28)20(30)14-25(19,27)4/h10-11,13,15,18-20,30H,5-9,12,14H2,1-4H3,(H,33,34)/t15-,18-,19-,20-,24-,25-,26-,27-/m0/s1. The van der Waals surface area contributed by atoms with Gasteiger partial charge >= 0.3 is 11.9 Å². The molecule has 192 valence electrons. The molecule has 0 aromatic carbocycles. The number of fused-ring (bicyclic) bond motifs is 5. The lowest BCUT2D eigenvalue weighted by atomic mass is 9.44. The van der Waals surface area contributed by atoms with Crippen LogP contribution in [0.25, 0.3) is 0 Å². The largest absolute Gasteiger partial charge is 0.475 e. The van der Waals surface area contributed by atoms with Crippen molar-refractivity contribution >= 4 is 23.5 Å². The number of halogens is 1. The minimum atomic E-state index is -2.12. The van der Waals surface area contributed by atoms with Crippen molar-refractivity contribution in [1.29, 1.82) is 0 Å². The zero-order valence-corrected chi connectivity index (χ0v) is 20.8. The van der Waals surface area contributed by atoms with Gasteiger partial charge in [-0.2, -0.15) is 0 Å². The van der Waals surface area contributed by atoms with Crippen LogP contribution in [0.2, 0.25) is 0 Å². The van der Waals surface area contributed by atoms with E-state index in [1.165, 1.54) is 12.2 Å². The van der Waals surface area contributed by atoms with Crippen LogP contribution in [0.15, 0.2) is 23.8 Å². The summed E-state index contributed by atoms with van der Waals surface area (Å²) >= 11 is 0. The maximum atomic E-state index is 17.3. The number of hydrogen-bond acceptors (Lipinski definition) is 6. The first-order valence-electron chi connectivity index (χ1n) is 12.6. The van der Waals surface area contributed by atoms with Crippen LogP contribution in [0.3, 0.4) is 0 Å². The second-order valence-corrected chi connectivity index (χ2v) is 11.3. The molecule has 0 amide bonds. The monoisotopic (exact) mass is 490 g/mol. The number of carboxylic acid groups (broad SMARTS) is 1. The number of carbonyl (C=O) groups is 4. The first-order valence-corrected chi connectivity index (χ1v) is 12.6. The van der Waals surface area contributed by atoms with E-state index in [9.17, 15) is 29.4 Å². The lowest BCUT2D eigenvalue weighted by Crippen LogP contribution is -2.70. The number of carboxylic acids is 1. The number of hydrogen-bond donors (Lipinski definition) is 2. The van der Waals surface area contributed by atoms with Crippen LogP contribution in [0.4, 0.5) is 4.39 Å². The van der Waals surface area contributed by atoms with E-state index in [0.29, 0.717) is 24.8 Å². The molecule has 0 radical (unpaired) electrons. The number of unbranched alkanes of at least 4 members (excludes halogenated alkanes) is 1. The number of alkyl halides is 1. The second-order valence-electron chi connectivity index (χ2n) is 11.3. The molecule has 2 N–H and O–H groups in total. The Hall–Kier alpha value is -2.35. The van der Waals surface area contributed by atoms with Crippen LogP contribution in [0.5, 0.6) is 0 Å². The van der Waals surface area contributed by atoms with E-state index in [-0.39, 0.29) is 25.0 Å². The predicted molar refractivity (Wildman–Crippen MR) is 124 cm³/mol. The molecule has 0 spiro atoms. The maximum Gasteiger partial charge on any atom is 0.376 e. The Morgan fingerprint density at radius 1 is 1.23 bits per heavy atom. The highest BCUT2D eigenvalue weighted by Crippen LogP contribution is 2.71. The number of esters is 1. The van der Waals surface area contributed by atoms with E-state index in [0.717, 1.165) is 6.42 Å². The van der Waals surface area contributed by atoms with Crippen molar-refractivity contribution in [2.45, 2.75) is 90.0 Å². The lowest BCUT2D eigenvalue weighted by Gasteiger charge is -2.62. The van der Waals surface area contributed by atoms with E-state index >= 15 is 4.39 Å². The highest BCUT2D eigenvalue weighted by molar-refractivity contribution is 6.36. The third-order valence-electron chi connectivity index (χ3n) is 9.72. The molecule has 0 bridgehead atoms. The van der Waals surface area contributed by atoms with Crippen molar-refractivity contribution < 1.29 is 38.5 Å². The summed E-state index contributed by atoms with van der Waals surface area (Å²) in [6, 6.07) is 0. The van der Waals surface area contributed by atoms with Gasteiger partial charge in [0, 0.05) is 29.1 Å². The summed E-state index contributed by atoms with van der Waals surface area (Å²) in [5, 5.41) is 21.2. The molecule has 0 unspecified atom stereocenters. The number of aliphatic hydroxyl groups excluding tert-OH is 1. The van der Waals surface area contributed by atoms with E-state index in [2.05, 4.69) is 0 Å². The normalized spacial score (nSPS) is 44.1. The maximum absolute atomic E-state index is 17.3. The number of Topliss-reactive ketones (excluding diaryl/α,β-unsaturated/α-hetero) is 1. The first-order chi connectivity index (χ1) is 16.3. The van der Waals surface area contributed by atoms with Crippen molar-refractivity contribution in [3.05, 3.63) is 23.8 Å².